The van der Waals surface area contributed by atoms with E-state index >= 15 is 0 Å². The van der Waals surface area contributed by atoms with Gasteiger partial charge in [-0.25, -0.2) is 8.42 Å². The molecule has 1 N–H and O–H groups in total. The molecule has 0 aromatic rings. The van der Waals surface area contributed by atoms with Crippen LogP contribution in [0, 0.1) is 0 Å². The van der Waals surface area contributed by atoms with Crippen LogP contribution in [0.5, 0.6) is 0 Å². The van der Waals surface area contributed by atoms with Gasteiger partial charge >= 0.3 is 5.97 Å². The van der Waals surface area contributed by atoms with Crippen molar-refractivity contribution in [3.05, 3.63) is 0 Å². The molecule has 2 saturated heterocycles. The second-order valence-electron chi connectivity index (χ2n) is 4.72. The monoisotopic (exact) mass is 262 g/mol. The van der Waals surface area contributed by atoms with Crippen molar-refractivity contribution >= 4 is 16.0 Å². The summed E-state index contributed by atoms with van der Waals surface area (Å²) in [7, 11) is -3.69. The highest BCUT2D eigenvalue weighted by Gasteiger charge is 2.39. The van der Waals surface area contributed by atoms with E-state index < -0.39 is 21.2 Å². The molecule has 2 fully saturated rings. The van der Waals surface area contributed by atoms with Crippen LogP contribution in [-0.4, -0.2) is 66.2 Å². The Hall–Kier alpha value is -0.660. The van der Waals surface area contributed by atoms with E-state index in [4.69, 9.17) is 5.11 Å². The van der Waals surface area contributed by atoms with E-state index in [0.717, 1.165) is 25.9 Å². The molecule has 2 unspecified atom stereocenters. The van der Waals surface area contributed by atoms with Crippen LogP contribution < -0.4 is 0 Å². The van der Waals surface area contributed by atoms with Crippen LogP contribution >= 0.6 is 0 Å². The number of piperazine rings is 1. The quantitative estimate of drug-likeness (QED) is 0.746. The predicted octanol–water partition coefficient (Wildman–Crippen LogP) is -0.431. The highest BCUT2D eigenvalue weighted by Crippen LogP contribution is 2.24. The van der Waals surface area contributed by atoms with E-state index in [1.807, 2.05) is 0 Å². The van der Waals surface area contributed by atoms with Crippen LogP contribution in [0.2, 0.25) is 0 Å². The van der Waals surface area contributed by atoms with Gasteiger partial charge in [0.25, 0.3) is 0 Å². The smallest absolute Gasteiger partial charge is 0.323 e. The topological polar surface area (TPSA) is 77.9 Å². The first-order valence-corrected chi connectivity index (χ1v) is 7.39. The third kappa shape index (κ3) is 2.31. The Morgan fingerprint density at radius 3 is 2.71 bits per heavy atom. The molecule has 0 amide bonds. The highest BCUT2D eigenvalue weighted by molar-refractivity contribution is 7.90. The van der Waals surface area contributed by atoms with Gasteiger partial charge in [-0.3, -0.25) is 9.69 Å². The number of sulfonamides is 1. The lowest BCUT2D eigenvalue weighted by Crippen LogP contribution is -2.54. The van der Waals surface area contributed by atoms with E-state index in [0.29, 0.717) is 13.1 Å². The second-order valence-corrected chi connectivity index (χ2v) is 6.97. The summed E-state index contributed by atoms with van der Waals surface area (Å²) in [5, 5.41) is 7.47. The summed E-state index contributed by atoms with van der Waals surface area (Å²) >= 11 is 0. The number of carboxylic acids is 1. The first-order valence-electron chi connectivity index (χ1n) is 5.88. The lowest BCUT2D eigenvalue weighted by Gasteiger charge is -2.37. The van der Waals surface area contributed by atoms with Gasteiger partial charge in [-0.2, -0.15) is 4.31 Å². The minimum absolute atomic E-state index is 0.277. The Labute approximate surface area is 101 Å². The normalized spacial score (nSPS) is 28.9. The summed E-state index contributed by atoms with van der Waals surface area (Å²) in [6.07, 6.45) is 2.11. The largest absolute Gasteiger partial charge is 0.480 e. The summed E-state index contributed by atoms with van der Waals surface area (Å²) in [4.78, 5) is 13.1. The molecule has 2 aliphatic heterocycles. The number of carboxylic acid groups (broad SMARTS) is 1. The van der Waals surface area contributed by atoms with Gasteiger partial charge in [0.15, 0.2) is 5.25 Å². The van der Waals surface area contributed by atoms with Crippen molar-refractivity contribution in [1.29, 1.82) is 0 Å². The number of carbonyl (C=O) groups is 1. The zero-order valence-electron chi connectivity index (χ0n) is 9.87. The Morgan fingerprint density at radius 2 is 2.06 bits per heavy atom. The van der Waals surface area contributed by atoms with Gasteiger partial charge in [0, 0.05) is 25.7 Å². The third-order valence-corrected chi connectivity index (χ3v) is 5.85. The van der Waals surface area contributed by atoms with Crippen LogP contribution in [0.1, 0.15) is 19.8 Å². The van der Waals surface area contributed by atoms with Crippen LogP contribution in [0.15, 0.2) is 0 Å². The highest BCUT2D eigenvalue weighted by atomic mass is 32.2. The lowest BCUT2D eigenvalue weighted by atomic mass is 10.2. The Balaban J connectivity index is 2.10. The molecule has 0 bridgehead atoms. The van der Waals surface area contributed by atoms with Gasteiger partial charge in [-0.05, 0) is 26.3 Å². The van der Waals surface area contributed by atoms with Crippen LogP contribution in [0.4, 0.5) is 0 Å². The van der Waals surface area contributed by atoms with Gasteiger partial charge in [-0.1, -0.05) is 0 Å². The van der Waals surface area contributed by atoms with Crippen molar-refractivity contribution in [2.75, 3.05) is 26.2 Å². The summed E-state index contributed by atoms with van der Waals surface area (Å²) in [6.45, 7) is 3.85. The minimum atomic E-state index is -3.69. The van der Waals surface area contributed by atoms with Crippen molar-refractivity contribution in [2.24, 2.45) is 0 Å². The number of hydrogen-bond donors (Lipinski definition) is 1. The fourth-order valence-corrected chi connectivity index (χ4v) is 3.96. The molecular formula is C10H18N2O4S. The molecule has 2 aliphatic rings. The SMILES string of the molecule is CC(C(=O)O)S(=O)(=O)N1CCN2CCCC2C1. The molecule has 98 valence electrons. The molecule has 7 heteroatoms. The summed E-state index contributed by atoms with van der Waals surface area (Å²) in [6, 6.07) is 0.277. The molecule has 0 spiro atoms. The van der Waals surface area contributed by atoms with Gasteiger partial charge in [0.1, 0.15) is 0 Å². The minimum Gasteiger partial charge on any atom is -0.480 e. The van der Waals surface area contributed by atoms with Crippen molar-refractivity contribution < 1.29 is 18.3 Å². The standard InChI is InChI=1S/C10H18N2O4S/c1-8(10(13)14)17(15,16)12-6-5-11-4-2-3-9(11)7-12/h8-9H,2-7H2,1H3,(H,13,14). The number of nitrogens with zero attached hydrogens (tertiary/aromatic N) is 2. The molecule has 2 rings (SSSR count). The van der Waals surface area contributed by atoms with Gasteiger partial charge < -0.3 is 5.11 Å². The maximum Gasteiger partial charge on any atom is 0.323 e. The van der Waals surface area contributed by atoms with Crippen molar-refractivity contribution in [3.8, 4) is 0 Å². The zero-order chi connectivity index (χ0) is 12.6. The molecule has 2 atom stereocenters. The van der Waals surface area contributed by atoms with Crippen molar-refractivity contribution in [1.82, 2.24) is 9.21 Å². The third-order valence-electron chi connectivity index (χ3n) is 3.70. The maximum atomic E-state index is 12.0. The van der Waals surface area contributed by atoms with Gasteiger partial charge in [-0.15, -0.1) is 0 Å². The first-order chi connectivity index (χ1) is 7.93. The summed E-state index contributed by atoms with van der Waals surface area (Å²) < 4.78 is 25.4. The van der Waals surface area contributed by atoms with Crippen LogP contribution in [0.3, 0.4) is 0 Å². The number of rotatable bonds is 3. The molecule has 2 heterocycles. The Morgan fingerprint density at radius 1 is 1.35 bits per heavy atom. The van der Waals surface area contributed by atoms with Gasteiger partial charge in [0.2, 0.25) is 10.0 Å². The number of aliphatic carboxylic acids is 1. The van der Waals surface area contributed by atoms with E-state index in [9.17, 15) is 13.2 Å². The fourth-order valence-electron chi connectivity index (χ4n) is 2.54. The van der Waals surface area contributed by atoms with Crippen LogP contribution in [0.25, 0.3) is 0 Å². The average Bonchev–Trinajstić information content (AvgIpc) is 2.74. The zero-order valence-corrected chi connectivity index (χ0v) is 10.7. The summed E-state index contributed by atoms with van der Waals surface area (Å²) in [5.41, 5.74) is 0. The van der Waals surface area contributed by atoms with E-state index in [2.05, 4.69) is 4.90 Å². The molecule has 0 aromatic heterocycles. The van der Waals surface area contributed by atoms with Crippen molar-refractivity contribution in [3.63, 3.8) is 0 Å². The average molecular weight is 262 g/mol. The molecule has 0 aromatic carbocycles. The van der Waals surface area contributed by atoms with Gasteiger partial charge in [0.05, 0.1) is 0 Å². The lowest BCUT2D eigenvalue weighted by molar-refractivity contribution is -0.136. The first kappa shape index (κ1) is 12.8. The van der Waals surface area contributed by atoms with Crippen molar-refractivity contribution in [2.45, 2.75) is 31.1 Å². The van der Waals surface area contributed by atoms with E-state index in [-0.39, 0.29) is 6.04 Å². The second kappa shape index (κ2) is 4.55. The molecule has 0 saturated carbocycles. The Kier molecular flexibility index (Phi) is 3.42. The maximum absolute atomic E-state index is 12.0. The van der Waals surface area contributed by atoms with Crippen LogP contribution in [-0.2, 0) is 14.8 Å². The predicted molar refractivity (Wildman–Crippen MR) is 62.2 cm³/mol. The number of fused-ring (bicyclic) bond motifs is 1. The summed E-state index contributed by atoms with van der Waals surface area (Å²) in [5.74, 6) is -1.28. The van der Waals surface area contributed by atoms with E-state index in [1.54, 1.807) is 0 Å². The Bertz CT molecular complexity index is 409. The van der Waals surface area contributed by atoms with E-state index in [1.165, 1.54) is 11.2 Å². The molecule has 0 radical (unpaired) electrons. The molecule has 17 heavy (non-hydrogen) atoms. The molecule has 0 aliphatic carbocycles. The fraction of sp³-hybridized carbons (Fsp3) is 0.900. The molecule has 6 nitrogen and oxygen atoms in total. The molecular weight excluding hydrogens is 244 g/mol. The number of hydrogen-bond acceptors (Lipinski definition) is 4.